The Morgan fingerprint density at radius 3 is 2.17 bits per heavy atom. The summed E-state index contributed by atoms with van der Waals surface area (Å²) < 4.78 is 67.0. The lowest BCUT2D eigenvalue weighted by atomic mass is 10.00. The van der Waals surface area contributed by atoms with Gasteiger partial charge in [-0.15, -0.1) is 0 Å². The number of carbonyl (C=O) groups is 3. The average molecular weight is 581 g/mol. The molecule has 218 valence electrons. The molecule has 0 atom stereocenters. The highest BCUT2D eigenvalue weighted by Crippen LogP contribution is 2.30. The minimum absolute atomic E-state index is 0.000391. The number of halogens is 6. The monoisotopic (exact) mass is 580 g/mol. The number of aromatic amines is 1. The fraction of sp³-hybridized carbons (Fsp3) is 0.393. The fourth-order valence-corrected chi connectivity index (χ4v) is 4.84. The van der Waals surface area contributed by atoms with Crippen LogP contribution in [-0.2, 0) is 22.4 Å². The molecule has 41 heavy (non-hydrogen) atoms. The Morgan fingerprint density at radius 2 is 1.59 bits per heavy atom. The first-order valence-electron chi connectivity index (χ1n) is 13.0. The predicted octanol–water partition coefficient (Wildman–Crippen LogP) is 5.80. The number of aromatic nitrogens is 3. The van der Waals surface area contributed by atoms with Gasteiger partial charge in [0.25, 0.3) is 5.91 Å². The largest absolute Gasteiger partial charge is 0.458 e. The second-order valence-electron chi connectivity index (χ2n) is 9.89. The van der Waals surface area contributed by atoms with E-state index in [2.05, 4.69) is 38.5 Å². The van der Waals surface area contributed by atoms with Crippen molar-refractivity contribution in [2.75, 3.05) is 6.54 Å². The summed E-state index contributed by atoms with van der Waals surface area (Å²) in [6, 6.07) is 10.2. The van der Waals surface area contributed by atoms with Crippen molar-refractivity contribution in [3.05, 3.63) is 59.7 Å². The van der Waals surface area contributed by atoms with Crippen molar-refractivity contribution in [3.8, 4) is 22.5 Å². The van der Waals surface area contributed by atoms with Crippen LogP contribution in [0, 0.1) is 5.92 Å². The van der Waals surface area contributed by atoms with Crippen molar-refractivity contribution >= 4 is 17.5 Å². The number of nitrogens with one attached hydrogen (secondary N) is 2. The van der Waals surface area contributed by atoms with Gasteiger partial charge in [-0.05, 0) is 49.1 Å². The average Bonchev–Trinajstić information content (AvgIpc) is 3.62. The Balaban J connectivity index is 0.000000275. The molecule has 4 heterocycles. The van der Waals surface area contributed by atoms with Crippen LogP contribution in [0.5, 0.6) is 0 Å². The minimum Gasteiger partial charge on any atom is -0.358 e. The van der Waals surface area contributed by atoms with E-state index in [1.165, 1.54) is 37.8 Å². The number of Topliss-reactive ketones (excluding diaryl/α,β-unsaturated/α-hetero) is 2. The number of pyridine rings is 2. The maximum atomic E-state index is 12.0. The third-order valence-corrected chi connectivity index (χ3v) is 7.00. The lowest BCUT2D eigenvalue weighted by Crippen LogP contribution is -2.39. The summed E-state index contributed by atoms with van der Waals surface area (Å²) >= 11 is 0. The number of carbonyl (C=O) groups excluding carboxylic acids is 3. The molecule has 2 aliphatic rings. The SMILES string of the molecule is O=C(C(=O)C(F)(F)F)C(F)(F)F.O=C1NCCc2[nH]c(-c3ccnc(-c4ccc(CCC5CCCC5)nc4)c3)cc21. The zero-order chi connectivity index (χ0) is 29.8. The Kier molecular flexibility index (Phi) is 8.93. The lowest BCUT2D eigenvalue weighted by molar-refractivity contribution is -0.193. The molecule has 5 rings (SSSR count). The molecule has 7 nitrogen and oxygen atoms in total. The summed E-state index contributed by atoms with van der Waals surface area (Å²) in [4.78, 5) is 43.9. The van der Waals surface area contributed by atoms with E-state index in [9.17, 15) is 40.7 Å². The molecule has 0 radical (unpaired) electrons. The van der Waals surface area contributed by atoms with Gasteiger partial charge in [-0.1, -0.05) is 25.7 Å². The summed E-state index contributed by atoms with van der Waals surface area (Å²) in [5, 5.41) is 2.89. The first-order chi connectivity index (χ1) is 19.3. The van der Waals surface area contributed by atoms with E-state index >= 15 is 0 Å². The van der Waals surface area contributed by atoms with Crippen LogP contribution in [0.1, 0.15) is 53.8 Å². The zero-order valence-corrected chi connectivity index (χ0v) is 21.7. The summed E-state index contributed by atoms with van der Waals surface area (Å²) in [7, 11) is 0. The number of rotatable bonds is 6. The number of amides is 1. The van der Waals surface area contributed by atoms with E-state index in [-0.39, 0.29) is 5.91 Å². The predicted molar refractivity (Wildman–Crippen MR) is 136 cm³/mol. The minimum atomic E-state index is -5.77. The highest BCUT2D eigenvalue weighted by Gasteiger charge is 2.54. The molecule has 0 aromatic carbocycles. The molecule has 1 aliphatic heterocycles. The Labute approximate surface area is 230 Å². The molecule has 2 N–H and O–H groups in total. The molecule has 3 aromatic rings. The quantitative estimate of drug-likeness (QED) is 0.284. The van der Waals surface area contributed by atoms with Crippen molar-refractivity contribution in [1.29, 1.82) is 0 Å². The summed E-state index contributed by atoms with van der Waals surface area (Å²) in [6.07, 6.45) is 0.935. The maximum absolute atomic E-state index is 12.0. The molecule has 13 heteroatoms. The molecule has 3 aromatic heterocycles. The van der Waals surface area contributed by atoms with Crippen LogP contribution in [0.25, 0.3) is 22.5 Å². The molecule has 1 amide bonds. The number of hydrogen-bond donors (Lipinski definition) is 2. The van der Waals surface area contributed by atoms with Gasteiger partial charge in [-0.25, -0.2) is 0 Å². The number of fused-ring (bicyclic) bond motifs is 1. The molecular weight excluding hydrogens is 554 g/mol. The Hall–Kier alpha value is -4.03. The van der Waals surface area contributed by atoms with Crippen LogP contribution >= 0.6 is 0 Å². The smallest absolute Gasteiger partial charge is 0.358 e. The first kappa shape index (κ1) is 29.9. The molecule has 1 aliphatic carbocycles. The molecule has 0 unspecified atom stereocenters. The van der Waals surface area contributed by atoms with Gasteiger partial charge in [-0.3, -0.25) is 24.4 Å². The lowest BCUT2D eigenvalue weighted by Gasteiger charge is -2.11. The second-order valence-corrected chi connectivity index (χ2v) is 9.89. The highest BCUT2D eigenvalue weighted by molar-refractivity contribution is 6.41. The van der Waals surface area contributed by atoms with Crippen molar-refractivity contribution in [2.45, 2.75) is 57.3 Å². The van der Waals surface area contributed by atoms with Crippen molar-refractivity contribution in [1.82, 2.24) is 20.3 Å². The molecule has 0 saturated heterocycles. The van der Waals surface area contributed by atoms with E-state index in [0.29, 0.717) is 6.54 Å². The van der Waals surface area contributed by atoms with E-state index < -0.39 is 23.9 Å². The Bertz CT molecular complexity index is 1380. The summed E-state index contributed by atoms with van der Waals surface area (Å²) in [6.45, 7) is 0.687. The van der Waals surface area contributed by atoms with Gasteiger partial charge in [0.05, 0.1) is 11.3 Å². The van der Waals surface area contributed by atoms with Crippen LogP contribution in [0.3, 0.4) is 0 Å². The van der Waals surface area contributed by atoms with Crippen LogP contribution < -0.4 is 5.32 Å². The van der Waals surface area contributed by atoms with Gasteiger partial charge in [0, 0.05) is 53.6 Å². The Morgan fingerprint density at radius 1 is 0.902 bits per heavy atom. The van der Waals surface area contributed by atoms with Crippen LogP contribution in [-0.4, -0.2) is 51.3 Å². The van der Waals surface area contributed by atoms with E-state index in [4.69, 9.17) is 0 Å². The molecule has 1 saturated carbocycles. The van der Waals surface area contributed by atoms with Crippen LogP contribution in [0.15, 0.2) is 42.7 Å². The first-order valence-corrected chi connectivity index (χ1v) is 13.0. The number of nitrogens with zero attached hydrogens (tertiary/aromatic N) is 2. The van der Waals surface area contributed by atoms with Gasteiger partial charge in [0.2, 0.25) is 0 Å². The number of aryl methyl sites for hydroxylation is 1. The van der Waals surface area contributed by atoms with Gasteiger partial charge >= 0.3 is 23.9 Å². The molecule has 0 spiro atoms. The van der Waals surface area contributed by atoms with E-state index in [1.54, 1.807) is 0 Å². The van der Waals surface area contributed by atoms with Crippen LogP contribution in [0.4, 0.5) is 26.3 Å². The number of ketones is 2. The second kappa shape index (κ2) is 12.2. The van der Waals surface area contributed by atoms with Crippen molar-refractivity contribution < 1.29 is 40.7 Å². The third kappa shape index (κ3) is 7.59. The number of alkyl halides is 6. The summed E-state index contributed by atoms with van der Waals surface area (Å²) in [5.41, 5.74) is 6.83. The third-order valence-electron chi connectivity index (χ3n) is 7.00. The summed E-state index contributed by atoms with van der Waals surface area (Å²) in [5.74, 6) is -5.92. The fourth-order valence-electron chi connectivity index (χ4n) is 4.84. The number of H-pyrrole nitrogens is 1. The van der Waals surface area contributed by atoms with E-state index in [1.807, 2.05) is 24.5 Å². The standard InChI is InChI=1S/C24H26N4O.C4F6O2/c29-24-20-14-23(28-21(20)10-12-26-24)17-9-11-25-22(13-17)18-6-8-19(27-15-18)7-5-16-3-1-2-4-16;5-3(6,7)1(11)2(12)4(8,9)10/h6,8-9,11,13-16,28H,1-5,7,10,12H2,(H,26,29);. The molecule has 1 fully saturated rings. The topological polar surface area (TPSA) is 105 Å². The highest BCUT2D eigenvalue weighted by atomic mass is 19.4. The van der Waals surface area contributed by atoms with Crippen LogP contribution in [0.2, 0.25) is 0 Å². The van der Waals surface area contributed by atoms with Gasteiger partial charge < -0.3 is 10.3 Å². The maximum Gasteiger partial charge on any atom is 0.458 e. The molecule has 0 bridgehead atoms. The van der Waals surface area contributed by atoms with Crippen molar-refractivity contribution in [2.24, 2.45) is 5.92 Å². The van der Waals surface area contributed by atoms with Gasteiger partial charge in [0.15, 0.2) is 0 Å². The normalized spacial score (nSPS) is 15.5. The van der Waals surface area contributed by atoms with Gasteiger partial charge in [-0.2, -0.15) is 26.3 Å². The molecular formula is C28H26F6N4O3. The van der Waals surface area contributed by atoms with Gasteiger partial charge in [0.1, 0.15) is 0 Å². The number of hydrogen-bond acceptors (Lipinski definition) is 5. The van der Waals surface area contributed by atoms with E-state index in [0.717, 1.165) is 52.5 Å². The zero-order valence-electron chi connectivity index (χ0n) is 21.7. The van der Waals surface area contributed by atoms with Crippen molar-refractivity contribution in [3.63, 3.8) is 0 Å².